The number of aryl methyl sites for hydroxylation is 1. The lowest BCUT2D eigenvalue weighted by Crippen LogP contribution is -2.48. The van der Waals surface area contributed by atoms with Gasteiger partial charge in [-0.15, -0.1) is 0 Å². The minimum absolute atomic E-state index is 0.0624. The number of esters is 1. The molecule has 3 aliphatic heterocycles. The van der Waals surface area contributed by atoms with Crippen molar-refractivity contribution >= 4 is 21.7 Å². The minimum Gasteiger partial charge on any atom is -0.462 e. The van der Waals surface area contributed by atoms with Crippen LogP contribution in [0.25, 0.3) is 0 Å². The molecule has 0 N–H and O–H groups in total. The SMILES string of the molecule is Cc1ccc(N2CCN(CC[C@@H]3CC4(CCN(S(=O)(=O)C(F)(F)F)CC4)C(=O)O3)CC2)cc1. The zero-order valence-corrected chi connectivity index (χ0v) is 19.5. The van der Waals surface area contributed by atoms with Crippen molar-refractivity contribution in [1.82, 2.24) is 9.21 Å². The van der Waals surface area contributed by atoms with Crippen LogP contribution in [0.2, 0.25) is 0 Å². The third kappa shape index (κ3) is 5.00. The average molecular weight is 490 g/mol. The van der Waals surface area contributed by atoms with Crippen LogP contribution in [0.15, 0.2) is 24.3 Å². The molecule has 3 fully saturated rings. The maximum Gasteiger partial charge on any atom is 0.511 e. The van der Waals surface area contributed by atoms with E-state index in [0.717, 1.165) is 32.7 Å². The highest BCUT2D eigenvalue weighted by Gasteiger charge is 2.55. The number of ether oxygens (including phenoxy) is 1. The van der Waals surface area contributed by atoms with E-state index in [1.165, 1.54) is 11.3 Å². The lowest BCUT2D eigenvalue weighted by atomic mass is 9.76. The number of hydrogen-bond donors (Lipinski definition) is 0. The molecule has 7 nitrogen and oxygen atoms in total. The van der Waals surface area contributed by atoms with Gasteiger partial charge in [0.2, 0.25) is 0 Å². The summed E-state index contributed by atoms with van der Waals surface area (Å²) in [6, 6.07) is 8.48. The van der Waals surface area contributed by atoms with Gasteiger partial charge in [-0.3, -0.25) is 9.69 Å². The maximum absolute atomic E-state index is 12.8. The van der Waals surface area contributed by atoms with E-state index >= 15 is 0 Å². The molecule has 1 spiro atoms. The molecule has 0 bridgehead atoms. The van der Waals surface area contributed by atoms with Gasteiger partial charge in [0.05, 0.1) is 5.41 Å². The van der Waals surface area contributed by atoms with Crippen molar-refractivity contribution in [3.05, 3.63) is 29.8 Å². The molecule has 33 heavy (non-hydrogen) atoms. The highest BCUT2D eigenvalue weighted by Crippen LogP contribution is 2.45. The molecule has 0 amide bonds. The lowest BCUT2D eigenvalue weighted by molar-refractivity contribution is -0.150. The molecule has 1 atom stereocenters. The monoisotopic (exact) mass is 489 g/mol. The molecule has 3 aliphatic rings. The first-order chi connectivity index (χ1) is 15.5. The number of alkyl halides is 3. The number of hydrogen-bond acceptors (Lipinski definition) is 6. The number of piperazine rings is 1. The van der Waals surface area contributed by atoms with Crippen LogP contribution in [0.3, 0.4) is 0 Å². The second-order valence-electron chi connectivity index (χ2n) is 9.31. The third-order valence-electron chi connectivity index (χ3n) is 7.18. The van der Waals surface area contributed by atoms with Crippen molar-refractivity contribution in [2.45, 2.75) is 44.2 Å². The topological polar surface area (TPSA) is 70.2 Å². The second kappa shape index (κ2) is 9.07. The van der Waals surface area contributed by atoms with Gasteiger partial charge in [-0.1, -0.05) is 17.7 Å². The number of carbonyl (C=O) groups is 1. The number of sulfonamides is 1. The van der Waals surface area contributed by atoms with Gasteiger partial charge in [0.25, 0.3) is 0 Å². The highest BCUT2D eigenvalue weighted by molar-refractivity contribution is 7.90. The van der Waals surface area contributed by atoms with Crippen LogP contribution in [0, 0.1) is 12.3 Å². The summed E-state index contributed by atoms with van der Waals surface area (Å²) < 4.78 is 67.7. The molecule has 11 heteroatoms. The van der Waals surface area contributed by atoms with Crippen LogP contribution >= 0.6 is 0 Å². The number of carbonyl (C=O) groups excluding carboxylic acids is 1. The van der Waals surface area contributed by atoms with Gasteiger partial charge in [-0.25, -0.2) is 8.42 Å². The van der Waals surface area contributed by atoms with Crippen molar-refractivity contribution in [3.8, 4) is 0 Å². The molecule has 184 valence electrons. The Kier molecular flexibility index (Phi) is 6.67. The first-order valence-electron chi connectivity index (χ1n) is 11.3. The Labute approximate surface area is 192 Å². The summed E-state index contributed by atoms with van der Waals surface area (Å²) in [5.74, 6) is -0.402. The normalized spacial score (nSPS) is 24.9. The summed E-state index contributed by atoms with van der Waals surface area (Å²) in [5.41, 5.74) is -3.74. The average Bonchev–Trinajstić information content (AvgIpc) is 3.07. The van der Waals surface area contributed by atoms with Crippen LogP contribution < -0.4 is 4.90 Å². The summed E-state index contributed by atoms with van der Waals surface area (Å²) in [5, 5.41) is 0. The molecular formula is C22H30F3N3O4S. The van der Waals surface area contributed by atoms with Crippen molar-refractivity contribution in [2.75, 3.05) is 50.7 Å². The minimum atomic E-state index is -5.36. The predicted molar refractivity (Wildman–Crippen MR) is 117 cm³/mol. The quantitative estimate of drug-likeness (QED) is 0.593. The molecular weight excluding hydrogens is 459 g/mol. The van der Waals surface area contributed by atoms with Gasteiger partial charge in [0.15, 0.2) is 0 Å². The Hall–Kier alpha value is -1.85. The van der Waals surface area contributed by atoms with Crippen LogP contribution in [0.4, 0.5) is 18.9 Å². The van der Waals surface area contributed by atoms with Gasteiger partial charge < -0.3 is 9.64 Å². The van der Waals surface area contributed by atoms with E-state index in [4.69, 9.17) is 4.74 Å². The van der Waals surface area contributed by atoms with E-state index in [0.29, 0.717) is 17.1 Å². The number of piperidine rings is 1. The van der Waals surface area contributed by atoms with E-state index in [-0.39, 0.29) is 32.0 Å². The van der Waals surface area contributed by atoms with Gasteiger partial charge in [-0.05, 0) is 38.3 Å². The van der Waals surface area contributed by atoms with Gasteiger partial charge in [0.1, 0.15) is 6.10 Å². The summed E-state index contributed by atoms with van der Waals surface area (Å²) in [7, 11) is -5.36. The fourth-order valence-corrected chi connectivity index (χ4v) is 5.98. The van der Waals surface area contributed by atoms with Crippen molar-refractivity contribution in [3.63, 3.8) is 0 Å². The fraction of sp³-hybridized carbons (Fsp3) is 0.682. The van der Waals surface area contributed by atoms with E-state index in [1.807, 2.05) is 0 Å². The Morgan fingerprint density at radius 1 is 1.03 bits per heavy atom. The molecule has 1 aromatic rings. The smallest absolute Gasteiger partial charge is 0.462 e. The Bertz CT molecular complexity index is 952. The van der Waals surface area contributed by atoms with Crippen molar-refractivity contribution < 1.29 is 31.1 Å². The number of rotatable bonds is 5. The number of benzene rings is 1. The predicted octanol–water partition coefficient (Wildman–Crippen LogP) is 2.75. The Morgan fingerprint density at radius 2 is 1.64 bits per heavy atom. The van der Waals surface area contributed by atoms with Crippen LogP contribution in [-0.2, 0) is 19.6 Å². The molecule has 3 saturated heterocycles. The molecule has 0 saturated carbocycles. The summed E-state index contributed by atoms with van der Waals surface area (Å²) >= 11 is 0. The number of cyclic esters (lactones) is 1. The Morgan fingerprint density at radius 3 is 2.21 bits per heavy atom. The van der Waals surface area contributed by atoms with Crippen LogP contribution in [0.5, 0.6) is 0 Å². The Balaban J connectivity index is 1.24. The summed E-state index contributed by atoms with van der Waals surface area (Å²) in [6.07, 6.45) is 0.954. The maximum atomic E-state index is 12.8. The van der Waals surface area contributed by atoms with E-state index < -0.39 is 26.9 Å². The first-order valence-corrected chi connectivity index (χ1v) is 12.8. The largest absolute Gasteiger partial charge is 0.511 e. The van der Waals surface area contributed by atoms with Crippen LogP contribution in [0.1, 0.15) is 31.2 Å². The zero-order chi connectivity index (χ0) is 23.9. The van der Waals surface area contributed by atoms with Crippen molar-refractivity contribution in [1.29, 1.82) is 0 Å². The van der Waals surface area contributed by atoms with Gasteiger partial charge >= 0.3 is 21.5 Å². The third-order valence-corrected chi connectivity index (χ3v) is 8.81. The van der Waals surface area contributed by atoms with Gasteiger partial charge in [0, 0.05) is 57.9 Å². The number of anilines is 1. The van der Waals surface area contributed by atoms with E-state index in [1.54, 1.807) is 0 Å². The molecule has 0 aliphatic carbocycles. The number of halogens is 3. The van der Waals surface area contributed by atoms with Crippen molar-refractivity contribution in [2.24, 2.45) is 5.41 Å². The highest BCUT2D eigenvalue weighted by atomic mass is 32.2. The van der Waals surface area contributed by atoms with E-state index in [9.17, 15) is 26.4 Å². The van der Waals surface area contributed by atoms with Gasteiger partial charge in [-0.2, -0.15) is 17.5 Å². The second-order valence-corrected chi connectivity index (χ2v) is 11.2. The lowest BCUT2D eigenvalue weighted by Gasteiger charge is -2.36. The zero-order valence-electron chi connectivity index (χ0n) is 18.7. The number of nitrogens with zero attached hydrogens (tertiary/aromatic N) is 3. The molecule has 0 aromatic heterocycles. The fourth-order valence-electron chi connectivity index (χ4n) is 5.02. The molecule has 1 aromatic carbocycles. The summed E-state index contributed by atoms with van der Waals surface area (Å²) in [6.45, 7) is 5.87. The standard InChI is InChI=1S/C22H30F3N3O4S/c1-17-2-4-18(5-3-17)27-14-12-26(13-15-27)9-6-19-16-21(20(29)32-19)7-10-28(11-8-21)33(30,31)22(23,24)25/h2-5,19H,6-16H2,1H3/t19-/m1/s1. The molecule has 3 heterocycles. The summed E-state index contributed by atoms with van der Waals surface area (Å²) in [4.78, 5) is 17.2. The molecule has 0 unspecified atom stereocenters. The molecule has 4 rings (SSSR count). The van der Waals surface area contributed by atoms with Crippen LogP contribution in [-0.4, -0.2) is 81.0 Å². The van der Waals surface area contributed by atoms with E-state index in [2.05, 4.69) is 41.0 Å². The first kappa shape index (κ1) is 24.3. The molecule has 0 radical (unpaired) electrons.